The summed E-state index contributed by atoms with van der Waals surface area (Å²) in [6, 6.07) is 22.1. The number of anilines is 1. The van der Waals surface area contributed by atoms with Crippen LogP contribution in [-0.2, 0) is 13.2 Å². The molecule has 132 valence electrons. The lowest BCUT2D eigenvalue weighted by molar-refractivity contribution is 0.0697. The highest BCUT2D eigenvalue weighted by molar-refractivity contribution is 6.31. The Morgan fingerprint density at radius 3 is 2.31 bits per heavy atom. The molecule has 0 aliphatic carbocycles. The summed E-state index contributed by atoms with van der Waals surface area (Å²) in [4.78, 5) is 10.8. The average molecular weight is 368 g/mol. The van der Waals surface area contributed by atoms with Crippen LogP contribution in [0, 0.1) is 0 Å². The fourth-order valence-electron chi connectivity index (χ4n) is 2.41. The van der Waals surface area contributed by atoms with Crippen LogP contribution in [0.3, 0.4) is 0 Å². The maximum atomic E-state index is 10.8. The van der Waals surface area contributed by atoms with Crippen molar-refractivity contribution in [3.63, 3.8) is 0 Å². The van der Waals surface area contributed by atoms with E-state index < -0.39 is 5.97 Å². The van der Waals surface area contributed by atoms with Crippen molar-refractivity contribution in [1.82, 2.24) is 0 Å². The van der Waals surface area contributed by atoms with E-state index in [1.807, 2.05) is 48.5 Å². The first-order chi connectivity index (χ1) is 12.6. The summed E-state index contributed by atoms with van der Waals surface area (Å²) in [5.74, 6) is -0.150. The van der Waals surface area contributed by atoms with E-state index >= 15 is 0 Å². The van der Waals surface area contributed by atoms with Gasteiger partial charge in [0.25, 0.3) is 0 Å². The van der Waals surface area contributed by atoms with Gasteiger partial charge in [0.2, 0.25) is 0 Å². The maximum Gasteiger partial charge on any atom is 0.335 e. The molecule has 3 aromatic carbocycles. The first kappa shape index (κ1) is 17.8. The van der Waals surface area contributed by atoms with Crippen LogP contribution in [0.5, 0.6) is 5.75 Å². The third-order valence-corrected chi connectivity index (χ3v) is 4.27. The molecule has 3 aromatic rings. The first-order valence-corrected chi connectivity index (χ1v) is 8.52. The molecule has 5 heteroatoms. The van der Waals surface area contributed by atoms with Crippen molar-refractivity contribution in [2.24, 2.45) is 0 Å². The van der Waals surface area contributed by atoms with Gasteiger partial charge in [-0.1, -0.05) is 41.9 Å². The van der Waals surface area contributed by atoms with Crippen molar-refractivity contribution in [3.8, 4) is 5.75 Å². The number of hydrogen-bond acceptors (Lipinski definition) is 3. The third kappa shape index (κ3) is 4.77. The number of halogens is 1. The van der Waals surface area contributed by atoms with E-state index in [-0.39, 0.29) is 5.56 Å². The summed E-state index contributed by atoms with van der Waals surface area (Å²) >= 11 is 6.12. The third-order valence-electron chi connectivity index (χ3n) is 3.90. The molecule has 0 saturated carbocycles. The van der Waals surface area contributed by atoms with E-state index in [2.05, 4.69) is 5.32 Å². The van der Waals surface area contributed by atoms with Gasteiger partial charge in [-0.3, -0.25) is 0 Å². The number of benzene rings is 3. The van der Waals surface area contributed by atoms with E-state index in [9.17, 15) is 4.79 Å². The molecule has 0 atom stereocenters. The minimum Gasteiger partial charge on any atom is -0.489 e. The van der Waals surface area contributed by atoms with Gasteiger partial charge in [-0.05, 0) is 48.0 Å². The minimum atomic E-state index is -0.927. The number of rotatable bonds is 7. The standard InChI is InChI=1S/C21H18ClNO3/c22-20-4-2-1-3-17(20)14-26-19-11-5-15(6-12-19)13-23-18-9-7-16(8-10-18)21(24)25/h1-12,23H,13-14H2,(H,24,25). The zero-order valence-electron chi connectivity index (χ0n) is 14.0. The molecule has 0 bridgehead atoms. The highest BCUT2D eigenvalue weighted by Crippen LogP contribution is 2.19. The van der Waals surface area contributed by atoms with Gasteiger partial charge >= 0.3 is 5.97 Å². The van der Waals surface area contributed by atoms with Gasteiger partial charge in [-0.15, -0.1) is 0 Å². The molecule has 0 spiro atoms. The van der Waals surface area contributed by atoms with Crippen molar-refractivity contribution in [2.45, 2.75) is 13.2 Å². The highest BCUT2D eigenvalue weighted by atomic mass is 35.5. The molecule has 4 nitrogen and oxygen atoms in total. The van der Waals surface area contributed by atoms with Crippen molar-refractivity contribution in [1.29, 1.82) is 0 Å². The second-order valence-corrected chi connectivity index (χ2v) is 6.17. The molecular formula is C21H18ClNO3. The Morgan fingerprint density at radius 1 is 0.962 bits per heavy atom. The van der Waals surface area contributed by atoms with Gasteiger partial charge in [0.1, 0.15) is 12.4 Å². The molecule has 0 fully saturated rings. The van der Waals surface area contributed by atoms with Crippen LogP contribution < -0.4 is 10.1 Å². The molecule has 0 aliphatic rings. The lowest BCUT2D eigenvalue weighted by atomic mass is 10.2. The summed E-state index contributed by atoms with van der Waals surface area (Å²) in [5.41, 5.74) is 3.19. The number of carboxylic acid groups (broad SMARTS) is 1. The average Bonchev–Trinajstić information content (AvgIpc) is 2.67. The molecular weight excluding hydrogens is 350 g/mol. The Labute approximate surface area is 157 Å². The zero-order valence-corrected chi connectivity index (χ0v) is 14.7. The zero-order chi connectivity index (χ0) is 18.4. The van der Waals surface area contributed by atoms with Crippen LogP contribution in [0.4, 0.5) is 5.69 Å². The second-order valence-electron chi connectivity index (χ2n) is 5.76. The van der Waals surface area contributed by atoms with Gasteiger partial charge in [-0.2, -0.15) is 0 Å². The Balaban J connectivity index is 1.52. The fourth-order valence-corrected chi connectivity index (χ4v) is 2.61. The number of carbonyl (C=O) groups is 1. The molecule has 0 aromatic heterocycles. The van der Waals surface area contributed by atoms with E-state index in [0.29, 0.717) is 18.2 Å². The Bertz CT molecular complexity index is 877. The molecule has 26 heavy (non-hydrogen) atoms. The number of aromatic carboxylic acids is 1. The van der Waals surface area contributed by atoms with Crippen LogP contribution in [-0.4, -0.2) is 11.1 Å². The lowest BCUT2D eigenvalue weighted by Crippen LogP contribution is -2.01. The van der Waals surface area contributed by atoms with E-state index in [1.54, 1.807) is 24.3 Å². The molecule has 2 N–H and O–H groups in total. The van der Waals surface area contributed by atoms with Crippen LogP contribution in [0.15, 0.2) is 72.8 Å². The summed E-state index contributed by atoms with van der Waals surface area (Å²) in [6.07, 6.45) is 0. The monoisotopic (exact) mass is 367 g/mol. The molecule has 0 aliphatic heterocycles. The SMILES string of the molecule is O=C(O)c1ccc(NCc2ccc(OCc3ccccc3Cl)cc2)cc1. The smallest absolute Gasteiger partial charge is 0.335 e. The topological polar surface area (TPSA) is 58.6 Å². The van der Waals surface area contributed by atoms with Crippen LogP contribution in [0.1, 0.15) is 21.5 Å². The Morgan fingerprint density at radius 2 is 1.65 bits per heavy atom. The van der Waals surface area contributed by atoms with E-state index in [1.165, 1.54) is 0 Å². The minimum absolute atomic E-state index is 0.274. The lowest BCUT2D eigenvalue weighted by Gasteiger charge is -2.10. The largest absolute Gasteiger partial charge is 0.489 e. The van der Waals surface area contributed by atoms with Gasteiger partial charge in [0.05, 0.1) is 5.56 Å². The summed E-state index contributed by atoms with van der Waals surface area (Å²) < 4.78 is 5.77. The molecule has 3 rings (SSSR count). The van der Waals surface area contributed by atoms with E-state index in [4.69, 9.17) is 21.4 Å². The number of nitrogens with one attached hydrogen (secondary N) is 1. The normalized spacial score (nSPS) is 10.3. The predicted molar refractivity (Wildman–Crippen MR) is 103 cm³/mol. The second kappa shape index (κ2) is 8.41. The van der Waals surface area contributed by atoms with Crippen molar-refractivity contribution in [3.05, 3.63) is 94.5 Å². The predicted octanol–water partition coefficient (Wildman–Crippen LogP) is 5.23. The number of hydrogen-bond donors (Lipinski definition) is 2. The fraction of sp³-hybridized carbons (Fsp3) is 0.0952. The summed E-state index contributed by atoms with van der Waals surface area (Å²) in [7, 11) is 0. The van der Waals surface area contributed by atoms with Crippen LogP contribution in [0.25, 0.3) is 0 Å². The summed E-state index contributed by atoms with van der Waals surface area (Å²) in [5, 5.41) is 12.9. The first-order valence-electron chi connectivity index (χ1n) is 8.14. The van der Waals surface area contributed by atoms with E-state index in [0.717, 1.165) is 22.6 Å². The van der Waals surface area contributed by atoms with Crippen LogP contribution >= 0.6 is 11.6 Å². The number of ether oxygens (including phenoxy) is 1. The van der Waals surface area contributed by atoms with Gasteiger partial charge in [0.15, 0.2) is 0 Å². The number of carboxylic acids is 1. The Hall–Kier alpha value is -2.98. The van der Waals surface area contributed by atoms with Gasteiger partial charge in [-0.25, -0.2) is 4.79 Å². The van der Waals surface area contributed by atoms with Crippen molar-refractivity contribution < 1.29 is 14.6 Å². The molecule has 0 heterocycles. The van der Waals surface area contributed by atoms with Crippen molar-refractivity contribution >= 4 is 23.3 Å². The van der Waals surface area contributed by atoms with Gasteiger partial charge in [0, 0.05) is 22.8 Å². The maximum absolute atomic E-state index is 10.8. The highest BCUT2D eigenvalue weighted by Gasteiger charge is 2.03. The Kier molecular flexibility index (Phi) is 5.77. The van der Waals surface area contributed by atoms with Gasteiger partial charge < -0.3 is 15.2 Å². The quantitative estimate of drug-likeness (QED) is 0.600. The summed E-state index contributed by atoms with van der Waals surface area (Å²) in [6.45, 7) is 1.06. The van der Waals surface area contributed by atoms with Crippen LogP contribution in [0.2, 0.25) is 5.02 Å². The van der Waals surface area contributed by atoms with Crippen molar-refractivity contribution in [2.75, 3.05) is 5.32 Å². The molecule has 0 amide bonds. The molecule has 0 radical (unpaired) electrons. The molecule has 0 unspecified atom stereocenters. The molecule has 0 saturated heterocycles.